The van der Waals surface area contributed by atoms with E-state index in [0.717, 1.165) is 21.3 Å². The summed E-state index contributed by atoms with van der Waals surface area (Å²) in [4.78, 5) is 11.9. The molecule has 0 fully saturated rings. The Labute approximate surface area is 133 Å². The predicted molar refractivity (Wildman–Crippen MR) is 85.8 cm³/mol. The highest BCUT2D eigenvalue weighted by Crippen LogP contribution is 2.26. The van der Waals surface area contributed by atoms with Crippen LogP contribution in [0.1, 0.15) is 17.5 Å². The van der Waals surface area contributed by atoms with Crippen LogP contribution < -0.4 is 9.47 Å². The van der Waals surface area contributed by atoms with Gasteiger partial charge in [-0.2, -0.15) is 0 Å². The summed E-state index contributed by atoms with van der Waals surface area (Å²) >= 11 is 3.40. The molecule has 0 amide bonds. The lowest BCUT2D eigenvalue weighted by Crippen LogP contribution is -2.09. The van der Waals surface area contributed by atoms with E-state index in [2.05, 4.69) is 15.9 Å². The summed E-state index contributed by atoms with van der Waals surface area (Å²) in [6.45, 7) is 1.99. The molecular weight excluding hydrogens is 332 g/mol. The third kappa shape index (κ3) is 4.60. The summed E-state index contributed by atoms with van der Waals surface area (Å²) in [6, 6.07) is 13.3. The van der Waals surface area contributed by atoms with Gasteiger partial charge in [0, 0.05) is 6.42 Å². The minimum Gasteiger partial charge on any atom is -0.497 e. The van der Waals surface area contributed by atoms with E-state index < -0.39 is 0 Å². The summed E-state index contributed by atoms with van der Waals surface area (Å²) in [6.07, 6.45) is 0.985. The van der Waals surface area contributed by atoms with Crippen LogP contribution in [0.25, 0.3) is 0 Å². The van der Waals surface area contributed by atoms with Gasteiger partial charge >= 0.3 is 5.97 Å². The number of carbonyl (C=O) groups excluding carboxylic acids is 1. The fourth-order valence-corrected chi connectivity index (χ4v) is 2.48. The Hall–Kier alpha value is -1.81. The third-order valence-electron chi connectivity index (χ3n) is 3.09. The summed E-state index contributed by atoms with van der Waals surface area (Å²) in [5.41, 5.74) is 2.19. The molecule has 2 aromatic rings. The van der Waals surface area contributed by atoms with E-state index in [1.807, 2.05) is 43.3 Å². The highest BCUT2D eigenvalue weighted by Gasteiger charge is 2.08. The SMILES string of the molecule is COc1ccc(CCC(=O)Oc2ccc(C)cc2Br)cc1. The van der Waals surface area contributed by atoms with Gasteiger partial charge in [0.25, 0.3) is 0 Å². The summed E-state index contributed by atoms with van der Waals surface area (Å²) < 4.78 is 11.2. The molecule has 21 heavy (non-hydrogen) atoms. The van der Waals surface area contributed by atoms with Crippen molar-refractivity contribution >= 4 is 21.9 Å². The Morgan fingerprint density at radius 3 is 2.48 bits per heavy atom. The van der Waals surface area contributed by atoms with Crippen LogP contribution in [0.5, 0.6) is 11.5 Å². The van der Waals surface area contributed by atoms with Gasteiger partial charge in [-0.25, -0.2) is 0 Å². The zero-order valence-electron chi connectivity index (χ0n) is 12.1. The van der Waals surface area contributed by atoms with Crippen LogP contribution in [0.2, 0.25) is 0 Å². The Kier molecular flexibility index (Phi) is 5.39. The lowest BCUT2D eigenvalue weighted by atomic mass is 10.1. The molecule has 0 radical (unpaired) electrons. The molecule has 0 N–H and O–H groups in total. The second-order valence-electron chi connectivity index (χ2n) is 4.76. The van der Waals surface area contributed by atoms with E-state index in [0.29, 0.717) is 18.6 Å². The lowest BCUT2D eigenvalue weighted by molar-refractivity contribution is -0.134. The summed E-state index contributed by atoms with van der Waals surface area (Å²) in [5, 5.41) is 0. The normalized spacial score (nSPS) is 10.2. The molecule has 4 heteroatoms. The van der Waals surface area contributed by atoms with Crippen molar-refractivity contribution in [3.8, 4) is 11.5 Å². The molecule has 0 aliphatic carbocycles. The fourth-order valence-electron chi connectivity index (χ4n) is 1.90. The van der Waals surface area contributed by atoms with E-state index in [-0.39, 0.29) is 5.97 Å². The fraction of sp³-hybridized carbons (Fsp3) is 0.235. The predicted octanol–water partition coefficient (Wildman–Crippen LogP) is 4.30. The third-order valence-corrected chi connectivity index (χ3v) is 3.71. The first-order chi connectivity index (χ1) is 10.1. The first-order valence-electron chi connectivity index (χ1n) is 6.68. The maximum atomic E-state index is 11.9. The maximum absolute atomic E-state index is 11.9. The van der Waals surface area contributed by atoms with Crippen molar-refractivity contribution < 1.29 is 14.3 Å². The van der Waals surface area contributed by atoms with Crippen molar-refractivity contribution in [3.63, 3.8) is 0 Å². The average molecular weight is 349 g/mol. The number of ether oxygens (including phenoxy) is 2. The first-order valence-corrected chi connectivity index (χ1v) is 7.47. The van der Waals surface area contributed by atoms with Gasteiger partial charge < -0.3 is 9.47 Å². The van der Waals surface area contributed by atoms with Gasteiger partial charge in [-0.3, -0.25) is 4.79 Å². The molecule has 0 bridgehead atoms. The van der Waals surface area contributed by atoms with Crippen molar-refractivity contribution in [2.75, 3.05) is 7.11 Å². The number of rotatable bonds is 5. The number of aryl methyl sites for hydroxylation is 2. The van der Waals surface area contributed by atoms with Gasteiger partial charge in [-0.1, -0.05) is 18.2 Å². The highest BCUT2D eigenvalue weighted by molar-refractivity contribution is 9.10. The number of methoxy groups -OCH3 is 1. The minimum atomic E-state index is -0.240. The summed E-state index contributed by atoms with van der Waals surface area (Å²) in [7, 11) is 1.63. The zero-order chi connectivity index (χ0) is 15.2. The van der Waals surface area contributed by atoms with E-state index in [1.165, 1.54) is 0 Å². The topological polar surface area (TPSA) is 35.5 Å². The van der Waals surface area contributed by atoms with Gasteiger partial charge in [-0.05, 0) is 64.7 Å². The van der Waals surface area contributed by atoms with Crippen LogP contribution in [0.15, 0.2) is 46.9 Å². The number of hydrogen-bond donors (Lipinski definition) is 0. The van der Waals surface area contributed by atoms with Crippen LogP contribution in [0.4, 0.5) is 0 Å². The molecular formula is C17H17BrO3. The van der Waals surface area contributed by atoms with Crippen molar-refractivity contribution in [3.05, 3.63) is 58.1 Å². The second kappa shape index (κ2) is 7.27. The quantitative estimate of drug-likeness (QED) is 0.596. The molecule has 0 saturated heterocycles. The number of esters is 1. The summed E-state index contributed by atoms with van der Waals surface area (Å²) in [5.74, 6) is 1.13. The molecule has 3 nitrogen and oxygen atoms in total. The van der Waals surface area contributed by atoms with E-state index in [4.69, 9.17) is 9.47 Å². The zero-order valence-corrected chi connectivity index (χ0v) is 13.6. The monoisotopic (exact) mass is 348 g/mol. The van der Waals surface area contributed by atoms with Crippen molar-refractivity contribution in [1.82, 2.24) is 0 Å². The van der Waals surface area contributed by atoms with Gasteiger partial charge in [0.1, 0.15) is 11.5 Å². The van der Waals surface area contributed by atoms with Crippen LogP contribution >= 0.6 is 15.9 Å². The van der Waals surface area contributed by atoms with Gasteiger partial charge in [0.05, 0.1) is 11.6 Å². The van der Waals surface area contributed by atoms with E-state index >= 15 is 0 Å². The highest BCUT2D eigenvalue weighted by atomic mass is 79.9. The largest absolute Gasteiger partial charge is 0.497 e. The van der Waals surface area contributed by atoms with Crippen molar-refractivity contribution in [1.29, 1.82) is 0 Å². The van der Waals surface area contributed by atoms with Crippen LogP contribution in [0.3, 0.4) is 0 Å². The second-order valence-corrected chi connectivity index (χ2v) is 5.61. The van der Waals surface area contributed by atoms with Crippen molar-refractivity contribution in [2.45, 2.75) is 19.8 Å². The van der Waals surface area contributed by atoms with Gasteiger partial charge in [0.2, 0.25) is 0 Å². The van der Waals surface area contributed by atoms with E-state index in [1.54, 1.807) is 13.2 Å². The smallest absolute Gasteiger partial charge is 0.311 e. The molecule has 0 atom stereocenters. The number of carbonyl (C=O) groups is 1. The molecule has 0 spiro atoms. The Balaban J connectivity index is 1.89. The Morgan fingerprint density at radius 1 is 1.14 bits per heavy atom. The molecule has 0 saturated carbocycles. The van der Waals surface area contributed by atoms with Crippen LogP contribution in [0, 0.1) is 6.92 Å². The molecule has 0 unspecified atom stereocenters. The molecule has 2 rings (SSSR count). The lowest BCUT2D eigenvalue weighted by Gasteiger charge is -2.07. The van der Waals surface area contributed by atoms with E-state index in [9.17, 15) is 4.79 Å². The molecule has 0 aromatic heterocycles. The van der Waals surface area contributed by atoms with Crippen LogP contribution in [-0.2, 0) is 11.2 Å². The molecule has 110 valence electrons. The number of hydrogen-bond acceptors (Lipinski definition) is 3. The Bertz CT molecular complexity index is 620. The van der Waals surface area contributed by atoms with Gasteiger partial charge in [-0.15, -0.1) is 0 Å². The minimum absolute atomic E-state index is 0.240. The number of benzene rings is 2. The molecule has 0 heterocycles. The Morgan fingerprint density at radius 2 is 1.86 bits per heavy atom. The standard InChI is InChI=1S/C17H17BrO3/c1-12-3-9-16(15(18)11-12)21-17(19)10-6-13-4-7-14(20-2)8-5-13/h3-5,7-9,11H,6,10H2,1-2H3. The molecule has 0 aliphatic rings. The molecule has 2 aromatic carbocycles. The van der Waals surface area contributed by atoms with Crippen molar-refractivity contribution in [2.24, 2.45) is 0 Å². The average Bonchev–Trinajstić information content (AvgIpc) is 2.48. The van der Waals surface area contributed by atoms with Crippen LogP contribution in [-0.4, -0.2) is 13.1 Å². The number of halogens is 1. The first kappa shape index (κ1) is 15.6. The maximum Gasteiger partial charge on any atom is 0.311 e. The van der Waals surface area contributed by atoms with Gasteiger partial charge in [0.15, 0.2) is 0 Å². The molecule has 0 aliphatic heterocycles.